The van der Waals surface area contributed by atoms with Crippen LogP contribution in [0.5, 0.6) is 0 Å². The number of hydrogen-bond acceptors (Lipinski definition) is 5. The minimum Gasteiger partial charge on any atom is -0.871 e. The Balaban J connectivity index is 0.00000210. The Kier molecular flexibility index (Phi) is 6.63. The standard InChI is InChI=1S/C20H15NO3S2.K/c1-2-24-19(23)14-13-10-6-7-11-21(13)16-15(14)18(26-20(16)25)17(22)12-8-4-3-5-9-12;/h3-11,22H,2H2,1H3;/q;+1/p-1/b18-17+;. The van der Waals surface area contributed by atoms with Gasteiger partial charge in [0.1, 0.15) is 4.20 Å². The van der Waals surface area contributed by atoms with E-state index in [9.17, 15) is 9.90 Å². The molecule has 0 amide bonds. The van der Waals surface area contributed by atoms with E-state index in [2.05, 4.69) is 0 Å². The number of esters is 1. The maximum Gasteiger partial charge on any atom is 1.00 e. The van der Waals surface area contributed by atoms with Crippen LogP contribution in [0.1, 0.15) is 34.1 Å². The summed E-state index contributed by atoms with van der Waals surface area (Å²) in [6.45, 7) is 2.02. The van der Waals surface area contributed by atoms with Gasteiger partial charge < -0.3 is 14.2 Å². The normalized spacial score (nSPS) is 14.6. The molecule has 0 spiro atoms. The Morgan fingerprint density at radius 3 is 2.59 bits per heavy atom. The fourth-order valence-electron chi connectivity index (χ4n) is 3.11. The van der Waals surface area contributed by atoms with Crippen LogP contribution in [0.3, 0.4) is 0 Å². The predicted octanol–water partition coefficient (Wildman–Crippen LogP) is 0.728. The van der Waals surface area contributed by atoms with Gasteiger partial charge in [0, 0.05) is 16.7 Å². The zero-order valence-electron chi connectivity index (χ0n) is 14.9. The number of ether oxygens (including phenoxy) is 1. The molecule has 0 atom stereocenters. The fraction of sp³-hybridized carbons (Fsp3) is 0.100. The number of fused-ring (bicyclic) bond motifs is 3. The van der Waals surface area contributed by atoms with Crippen molar-refractivity contribution >= 4 is 50.3 Å². The van der Waals surface area contributed by atoms with E-state index in [-0.39, 0.29) is 63.8 Å². The summed E-state index contributed by atoms with van der Waals surface area (Å²) in [5, 5.41) is 13.1. The third kappa shape index (κ3) is 3.58. The summed E-state index contributed by atoms with van der Waals surface area (Å²) in [6.07, 6.45) is 1.85. The molecule has 2 aromatic heterocycles. The van der Waals surface area contributed by atoms with Gasteiger partial charge in [0.05, 0.1) is 23.4 Å². The maximum atomic E-state index is 13.1. The van der Waals surface area contributed by atoms with Crippen LogP contribution in [0.2, 0.25) is 0 Å². The molecular weight excluding hydrogens is 405 g/mol. The van der Waals surface area contributed by atoms with E-state index >= 15 is 0 Å². The maximum absolute atomic E-state index is 13.1. The number of thioether (sulfide) groups is 1. The minimum absolute atomic E-state index is 0. The van der Waals surface area contributed by atoms with Crippen LogP contribution in [0, 0.1) is 0 Å². The number of thiocarbonyl (C=S) groups is 1. The number of carbonyl (C=O) groups excluding carboxylic acids is 1. The number of hydrogen-bond donors (Lipinski definition) is 0. The molecule has 0 fully saturated rings. The Bertz CT molecular complexity index is 1070. The van der Waals surface area contributed by atoms with Gasteiger partial charge in [0.2, 0.25) is 0 Å². The van der Waals surface area contributed by atoms with Crippen LogP contribution in [-0.4, -0.2) is 21.2 Å². The third-order valence-corrected chi connectivity index (χ3v) is 5.60. The molecule has 1 aromatic carbocycles. The number of rotatable bonds is 3. The van der Waals surface area contributed by atoms with Crippen molar-refractivity contribution in [3.63, 3.8) is 0 Å². The third-order valence-electron chi connectivity index (χ3n) is 4.18. The van der Waals surface area contributed by atoms with Gasteiger partial charge in [-0.3, -0.25) is 0 Å². The van der Waals surface area contributed by atoms with E-state index < -0.39 is 5.97 Å². The van der Waals surface area contributed by atoms with Crippen molar-refractivity contribution in [2.45, 2.75) is 6.92 Å². The Morgan fingerprint density at radius 1 is 1.19 bits per heavy atom. The van der Waals surface area contributed by atoms with Gasteiger partial charge in [-0.2, -0.15) is 0 Å². The molecule has 130 valence electrons. The molecule has 0 bridgehead atoms. The Hall–Kier alpha value is -0.934. The molecule has 0 saturated heterocycles. The number of aromatic nitrogens is 1. The molecule has 0 aliphatic carbocycles. The van der Waals surface area contributed by atoms with E-state index in [0.717, 1.165) is 0 Å². The zero-order chi connectivity index (χ0) is 18.3. The SMILES string of the molecule is CCOC(=O)c1c2c(n3ccccc13)C(=S)S/C2=C(/[O-])c1ccccc1.[K+]. The summed E-state index contributed by atoms with van der Waals surface area (Å²) < 4.78 is 7.70. The topological polar surface area (TPSA) is 53.8 Å². The number of benzene rings is 1. The van der Waals surface area contributed by atoms with Gasteiger partial charge in [0.15, 0.2) is 0 Å². The molecule has 0 radical (unpaired) electrons. The summed E-state index contributed by atoms with van der Waals surface area (Å²) in [7, 11) is 0. The van der Waals surface area contributed by atoms with Gasteiger partial charge in [-0.15, -0.1) is 0 Å². The molecule has 3 heterocycles. The second-order valence-electron chi connectivity index (χ2n) is 5.69. The van der Waals surface area contributed by atoms with Crippen LogP contribution in [0.25, 0.3) is 16.2 Å². The monoisotopic (exact) mass is 419 g/mol. The first-order chi connectivity index (χ1) is 12.6. The van der Waals surface area contributed by atoms with E-state index in [4.69, 9.17) is 17.0 Å². The van der Waals surface area contributed by atoms with Gasteiger partial charge >= 0.3 is 57.4 Å². The van der Waals surface area contributed by atoms with E-state index in [1.165, 1.54) is 11.8 Å². The second kappa shape index (κ2) is 8.61. The first-order valence-corrected chi connectivity index (χ1v) is 9.35. The zero-order valence-corrected chi connectivity index (χ0v) is 19.6. The van der Waals surface area contributed by atoms with Crippen molar-refractivity contribution in [1.29, 1.82) is 0 Å². The van der Waals surface area contributed by atoms with E-state index in [0.29, 0.717) is 37.0 Å². The fourth-order valence-corrected chi connectivity index (χ4v) is 4.56. The average molecular weight is 420 g/mol. The van der Waals surface area contributed by atoms with Crippen molar-refractivity contribution in [2.75, 3.05) is 6.61 Å². The number of carbonyl (C=O) groups is 1. The molecule has 3 aromatic rings. The Labute approximate surface area is 209 Å². The van der Waals surface area contributed by atoms with Gasteiger partial charge in [-0.25, -0.2) is 4.79 Å². The molecule has 4 rings (SSSR count). The van der Waals surface area contributed by atoms with Crippen molar-refractivity contribution in [3.05, 3.63) is 77.1 Å². The summed E-state index contributed by atoms with van der Waals surface area (Å²) in [4.78, 5) is 13.2. The summed E-state index contributed by atoms with van der Waals surface area (Å²) in [5.74, 6) is -0.584. The number of nitrogens with zero attached hydrogens (tertiary/aromatic N) is 1. The van der Waals surface area contributed by atoms with E-state index in [1.54, 1.807) is 19.1 Å². The van der Waals surface area contributed by atoms with Crippen LogP contribution in [-0.2, 0) is 4.74 Å². The largest absolute Gasteiger partial charge is 1.00 e. The summed E-state index contributed by atoms with van der Waals surface area (Å²) >= 11 is 6.77. The molecular formula is C20H14KNO3S2. The smallest absolute Gasteiger partial charge is 0.871 e. The molecule has 1 aliphatic rings. The van der Waals surface area contributed by atoms with Crippen molar-refractivity contribution in [2.24, 2.45) is 0 Å². The molecule has 0 N–H and O–H groups in total. The van der Waals surface area contributed by atoms with E-state index in [1.807, 2.05) is 47.0 Å². The molecule has 7 heteroatoms. The average Bonchev–Trinajstić information content (AvgIpc) is 3.18. The van der Waals surface area contributed by atoms with Crippen molar-refractivity contribution < 1.29 is 66.0 Å². The molecule has 0 unspecified atom stereocenters. The second-order valence-corrected chi connectivity index (χ2v) is 7.38. The van der Waals surface area contributed by atoms with Crippen molar-refractivity contribution in [1.82, 2.24) is 4.40 Å². The molecule has 0 saturated carbocycles. The van der Waals surface area contributed by atoms with Crippen molar-refractivity contribution in [3.8, 4) is 0 Å². The minimum atomic E-state index is -0.443. The first kappa shape index (κ1) is 20.8. The Morgan fingerprint density at radius 2 is 1.89 bits per heavy atom. The van der Waals surface area contributed by atoms with Gasteiger partial charge in [0.25, 0.3) is 0 Å². The van der Waals surface area contributed by atoms with Crippen LogP contribution in [0.15, 0.2) is 54.7 Å². The van der Waals surface area contributed by atoms with Gasteiger partial charge in [-0.1, -0.05) is 66.1 Å². The summed E-state index contributed by atoms with van der Waals surface area (Å²) in [6, 6.07) is 14.6. The quantitative estimate of drug-likeness (QED) is 0.271. The molecule has 4 nitrogen and oxygen atoms in total. The number of pyridine rings is 1. The molecule has 27 heavy (non-hydrogen) atoms. The summed E-state index contributed by atoms with van der Waals surface area (Å²) in [5.41, 5.74) is 2.95. The van der Waals surface area contributed by atoms with Crippen LogP contribution < -0.4 is 56.5 Å². The first-order valence-electron chi connectivity index (χ1n) is 8.13. The van der Waals surface area contributed by atoms with Crippen LogP contribution in [0.4, 0.5) is 0 Å². The van der Waals surface area contributed by atoms with Gasteiger partial charge in [-0.05, 0) is 24.6 Å². The van der Waals surface area contributed by atoms with Crippen LogP contribution >= 0.6 is 24.0 Å². The predicted molar refractivity (Wildman–Crippen MR) is 106 cm³/mol. The molecule has 1 aliphatic heterocycles.